The van der Waals surface area contributed by atoms with Crippen LogP contribution in [0.25, 0.3) is 0 Å². The highest BCUT2D eigenvalue weighted by atomic mass is 16.5. The van der Waals surface area contributed by atoms with E-state index in [2.05, 4.69) is 5.32 Å². The lowest BCUT2D eigenvalue weighted by Crippen LogP contribution is -2.33. The highest BCUT2D eigenvalue weighted by molar-refractivity contribution is 5.77. The molecular formula is C20H25NO5. The first-order valence-corrected chi connectivity index (χ1v) is 8.55. The van der Waals surface area contributed by atoms with Crippen LogP contribution in [-0.2, 0) is 4.79 Å². The lowest BCUT2D eigenvalue weighted by Gasteiger charge is -2.13. The molecule has 26 heavy (non-hydrogen) atoms. The third-order valence-corrected chi connectivity index (χ3v) is 3.38. The van der Waals surface area contributed by atoms with Gasteiger partial charge in [-0.05, 0) is 43.3 Å². The Balaban J connectivity index is 1.55. The van der Waals surface area contributed by atoms with Gasteiger partial charge in [-0.1, -0.05) is 18.2 Å². The number of Topliss-reactive ketones (excluding diaryl/α,β-unsaturated/α-hetero) is 1. The number of aliphatic hydroxyl groups is 1. The van der Waals surface area contributed by atoms with Crippen molar-refractivity contribution in [2.75, 3.05) is 32.9 Å². The van der Waals surface area contributed by atoms with Crippen LogP contribution in [0.4, 0.5) is 0 Å². The summed E-state index contributed by atoms with van der Waals surface area (Å²) in [4.78, 5) is 10.9. The summed E-state index contributed by atoms with van der Waals surface area (Å²) in [6.45, 7) is 3.29. The summed E-state index contributed by atoms with van der Waals surface area (Å²) in [5.41, 5.74) is 0. The van der Waals surface area contributed by atoms with Gasteiger partial charge >= 0.3 is 0 Å². The molecule has 0 unspecified atom stereocenters. The van der Waals surface area contributed by atoms with E-state index in [9.17, 15) is 9.90 Å². The maximum absolute atomic E-state index is 10.9. The van der Waals surface area contributed by atoms with Crippen LogP contribution in [0, 0.1) is 0 Å². The summed E-state index contributed by atoms with van der Waals surface area (Å²) >= 11 is 0. The molecule has 0 fully saturated rings. The van der Waals surface area contributed by atoms with E-state index in [1.807, 2.05) is 30.3 Å². The van der Waals surface area contributed by atoms with Crippen LogP contribution < -0.4 is 19.5 Å². The Morgan fingerprint density at radius 2 is 1.58 bits per heavy atom. The van der Waals surface area contributed by atoms with Crippen LogP contribution in [0.2, 0.25) is 0 Å². The molecule has 6 heteroatoms. The van der Waals surface area contributed by atoms with E-state index in [0.717, 1.165) is 11.5 Å². The summed E-state index contributed by atoms with van der Waals surface area (Å²) in [6.07, 6.45) is -0.590. The van der Waals surface area contributed by atoms with Crippen molar-refractivity contribution in [1.29, 1.82) is 0 Å². The largest absolute Gasteiger partial charge is 0.492 e. The Kier molecular flexibility index (Phi) is 8.45. The fourth-order valence-corrected chi connectivity index (χ4v) is 2.09. The smallest absolute Gasteiger partial charge is 0.167 e. The second kappa shape index (κ2) is 11.1. The number of rotatable bonds is 12. The minimum Gasteiger partial charge on any atom is -0.492 e. The molecule has 0 radical (unpaired) electrons. The fraction of sp³-hybridized carbons (Fsp3) is 0.350. The summed E-state index contributed by atoms with van der Waals surface area (Å²) in [5.74, 6) is 2.07. The van der Waals surface area contributed by atoms with Crippen molar-refractivity contribution in [1.82, 2.24) is 5.32 Å². The van der Waals surface area contributed by atoms with E-state index in [-0.39, 0.29) is 19.0 Å². The lowest BCUT2D eigenvalue weighted by atomic mass is 10.3. The van der Waals surface area contributed by atoms with Crippen molar-refractivity contribution < 1.29 is 24.1 Å². The number of aliphatic hydroxyl groups excluding tert-OH is 1. The molecule has 0 spiro atoms. The van der Waals surface area contributed by atoms with Gasteiger partial charge in [0.25, 0.3) is 0 Å². The van der Waals surface area contributed by atoms with Gasteiger partial charge in [0.15, 0.2) is 5.78 Å². The van der Waals surface area contributed by atoms with Gasteiger partial charge in [0.1, 0.15) is 43.2 Å². The second-order valence-electron chi connectivity index (χ2n) is 5.79. The SMILES string of the molecule is CC(=O)COc1ccc(OCCNC[C@H](O)COc2ccccc2)cc1. The van der Waals surface area contributed by atoms with Crippen LogP contribution in [0.3, 0.4) is 0 Å². The van der Waals surface area contributed by atoms with Crippen molar-refractivity contribution in [3.05, 3.63) is 54.6 Å². The Bertz CT molecular complexity index is 645. The molecule has 2 rings (SSSR count). The molecule has 6 nitrogen and oxygen atoms in total. The number of ether oxygens (including phenoxy) is 3. The van der Waals surface area contributed by atoms with Gasteiger partial charge < -0.3 is 24.6 Å². The zero-order chi connectivity index (χ0) is 18.6. The molecule has 0 aliphatic carbocycles. The predicted molar refractivity (Wildman–Crippen MR) is 98.9 cm³/mol. The minimum atomic E-state index is -0.590. The van der Waals surface area contributed by atoms with E-state index in [1.54, 1.807) is 24.3 Å². The first-order chi connectivity index (χ1) is 12.6. The fourth-order valence-electron chi connectivity index (χ4n) is 2.09. The van der Waals surface area contributed by atoms with E-state index in [0.29, 0.717) is 25.4 Å². The Morgan fingerprint density at radius 1 is 0.962 bits per heavy atom. The molecule has 0 saturated carbocycles. The number of para-hydroxylation sites is 1. The number of benzene rings is 2. The standard InChI is InChI=1S/C20H25NO5/c1-16(22)14-25-20-9-7-19(8-10-20)24-12-11-21-13-17(23)15-26-18-5-3-2-4-6-18/h2-10,17,21,23H,11-15H2,1H3/t17-/m0/s1. The molecule has 140 valence electrons. The van der Waals surface area contributed by atoms with Crippen molar-refractivity contribution in [3.63, 3.8) is 0 Å². The molecule has 2 aromatic rings. The van der Waals surface area contributed by atoms with E-state index >= 15 is 0 Å². The van der Waals surface area contributed by atoms with Crippen molar-refractivity contribution in [3.8, 4) is 17.2 Å². The number of hydrogen-bond acceptors (Lipinski definition) is 6. The molecule has 1 atom stereocenters. The number of hydrogen-bond donors (Lipinski definition) is 2. The van der Waals surface area contributed by atoms with E-state index in [1.165, 1.54) is 6.92 Å². The van der Waals surface area contributed by atoms with Crippen LogP contribution in [0.15, 0.2) is 54.6 Å². The number of ketones is 1. The highest BCUT2D eigenvalue weighted by Crippen LogP contribution is 2.17. The Hall–Kier alpha value is -2.57. The van der Waals surface area contributed by atoms with Gasteiger partial charge in [0.2, 0.25) is 0 Å². The van der Waals surface area contributed by atoms with Crippen molar-refractivity contribution in [2.45, 2.75) is 13.0 Å². The summed E-state index contributed by atoms with van der Waals surface area (Å²) in [6, 6.07) is 16.5. The Morgan fingerprint density at radius 3 is 2.23 bits per heavy atom. The van der Waals surface area contributed by atoms with Gasteiger partial charge in [-0.2, -0.15) is 0 Å². The van der Waals surface area contributed by atoms with Gasteiger partial charge in [0.05, 0.1) is 0 Å². The molecule has 2 aromatic carbocycles. The van der Waals surface area contributed by atoms with Gasteiger partial charge in [-0.15, -0.1) is 0 Å². The molecule has 0 heterocycles. The molecule has 0 saturated heterocycles. The molecular weight excluding hydrogens is 334 g/mol. The zero-order valence-electron chi connectivity index (χ0n) is 14.9. The monoisotopic (exact) mass is 359 g/mol. The highest BCUT2D eigenvalue weighted by Gasteiger charge is 2.05. The quantitative estimate of drug-likeness (QED) is 0.565. The third-order valence-electron chi connectivity index (χ3n) is 3.38. The van der Waals surface area contributed by atoms with Gasteiger partial charge in [-0.3, -0.25) is 4.79 Å². The lowest BCUT2D eigenvalue weighted by molar-refractivity contribution is -0.118. The average molecular weight is 359 g/mol. The van der Waals surface area contributed by atoms with Crippen LogP contribution in [0.1, 0.15) is 6.92 Å². The van der Waals surface area contributed by atoms with E-state index in [4.69, 9.17) is 14.2 Å². The second-order valence-corrected chi connectivity index (χ2v) is 5.79. The molecule has 0 aliphatic rings. The zero-order valence-corrected chi connectivity index (χ0v) is 14.9. The average Bonchev–Trinajstić information content (AvgIpc) is 2.66. The third kappa shape index (κ3) is 8.00. The maximum Gasteiger partial charge on any atom is 0.167 e. The molecule has 0 aliphatic heterocycles. The van der Waals surface area contributed by atoms with Crippen molar-refractivity contribution >= 4 is 5.78 Å². The number of carbonyl (C=O) groups is 1. The topological polar surface area (TPSA) is 77.0 Å². The summed E-state index contributed by atoms with van der Waals surface area (Å²) in [7, 11) is 0. The van der Waals surface area contributed by atoms with Crippen LogP contribution in [-0.4, -0.2) is 49.9 Å². The van der Waals surface area contributed by atoms with E-state index < -0.39 is 6.10 Å². The number of carbonyl (C=O) groups excluding carboxylic acids is 1. The van der Waals surface area contributed by atoms with Crippen molar-refractivity contribution in [2.24, 2.45) is 0 Å². The first-order valence-electron chi connectivity index (χ1n) is 8.55. The Labute approximate surface area is 153 Å². The molecule has 0 bridgehead atoms. The summed E-state index contributed by atoms with van der Waals surface area (Å²) in [5, 5.41) is 13.0. The molecule has 2 N–H and O–H groups in total. The number of nitrogens with one attached hydrogen (secondary N) is 1. The van der Waals surface area contributed by atoms with Gasteiger partial charge in [-0.25, -0.2) is 0 Å². The summed E-state index contributed by atoms with van der Waals surface area (Å²) < 4.78 is 16.4. The predicted octanol–water partition coefficient (Wildman–Crippen LogP) is 2.06. The molecule has 0 aromatic heterocycles. The van der Waals surface area contributed by atoms with Crippen LogP contribution in [0.5, 0.6) is 17.2 Å². The normalized spacial score (nSPS) is 11.6. The first kappa shape index (κ1) is 19.8. The molecule has 0 amide bonds. The maximum atomic E-state index is 10.9. The van der Waals surface area contributed by atoms with Crippen LogP contribution >= 0.6 is 0 Å². The van der Waals surface area contributed by atoms with Gasteiger partial charge in [0, 0.05) is 13.1 Å². The minimum absolute atomic E-state index is 0.0206.